The molecule has 0 spiro atoms. The van der Waals surface area contributed by atoms with Crippen LogP contribution in [-0.2, 0) is 0 Å². The summed E-state index contributed by atoms with van der Waals surface area (Å²) in [4.78, 5) is 0. The van der Waals surface area contributed by atoms with Crippen molar-refractivity contribution in [1.82, 2.24) is 10.6 Å². The Morgan fingerprint density at radius 2 is 2.20 bits per heavy atom. The van der Waals surface area contributed by atoms with Gasteiger partial charge in [0, 0.05) is 19.1 Å². The van der Waals surface area contributed by atoms with E-state index in [0.717, 1.165) is 5.92 Å². The molecule has 2 fully saturated rings. The normalized spacial score (nSPS) is 34.0. The third kappa shape index (κ3) is 2.94. The summed E-state index contributed by atoms with van der Waals surface area (Å²) in [6.07, 6.45) is 7.01. The molecule has 1 saturated carbocycles. The van der Waals surface area contributed by atoms with Gasteiger partial charge in [-0.1, -0.05) is 13.8 Å². The van der Waals surface area contributed by atoms with E-state index in [1.807, 2.05) is 0 Å². The molecule has 2 unspecified atom stereocenters. The summed E-state index contributed by atoms with van der Waals surface area (Å²) in [5.41, 5.74) is 0.692. The van der Waals surface area contributed by atoms with Crippen molar-refractivity contribution >= 4 is 0 Å². The van der Waals surface area contributed by atoms with E-state index in [4.69, 9.17) is 0 Å². The summed E-state index contributed by atoms with van der Waals surface area (Å²) in [5.74, 6) is 0.850. The van der Waals surface area contributed by atoms with Gasteiger partial charge in [-0.3, -0.25) is 0 Å². The van der Waals surface area contributed by atoms with Gasteiger partial charge in [0.05, 0.1) is 0 Å². The Hall–Kier alpha value is -0.0800. The smallest absolute Gasteiger partial charge is 0.0218 e. The molecule has 2 nitrogen and oxygen atoms in total. The van der Waals surface area contributed by atoms with E-state index in [-0.39, 0.29) is 0 Å². The van der Waals surface area contributed by atoms with Gasteiger partial charge >= 0.3 is 0 Å². The van der Waals surface area contributed by atoms with Crippen molar-refractivity contribution in [1.29, 1.82) is 0 Å². The van der Waals surface area contributed by atoms with E-state index in [1.165, 1.54) is 51.7 Å². The summed E-state index contributed by atoms with van der Waals surface area (Å²) in [6, 6.07) is 0.714. The second kappa shape index (κ2) is 4.84. The fraction of sp³-hybridized carbons (Fsp3) is 1.00. The third-order valence-corrected chi connectivity index (χ3v) is 4.50. The zero-order valence-corrected chi connectivity index (χ0v) is 10.3. The SMILES string of the molecule is CCC1(CNCC2NCCCC2C)CC1. The Morgan fingerprint density at radius 1 is 1.40 bits per heavy atom. The molecule has 1 aliphatic carbocycles. The second-order valence-electron chi connectivity index (χ2n) is 5.66. The van der Waals surface area contributed by atoms with Gasteiger partial charge in [-0.2, -0.15) is 0 Å². The molecule has 15 heavy (non-hydrogen) atoms. The first-order valence-corrected chi connectivity index (χ1v) is 6.70. The number of piperidine rings is 1. The Morgan fingerprint density at radius 3 is 2.80 bits per heavy atom. The number of hydrogen-bond donors (Lipinski definition) is 2. The molecule has 2 heteroatoms. The third-order valence-electron chi connectivity index (χ3n) is 4.50. The molecule has 2 aliphatic rings. The molecule has 0 aromatic rings. The summed E-state index contributed by atoms with van der Waals surface area (Å²) < 4.78 is 0. The summed E-state index contributed by atoms with van der Waals surface area (Å²) in [5, 5.41) is 7.31. The maximum atomic E-state index is 3.68. The molecule has 1 heterocycles. The lowest BCUT2D eigenvalue weighted by atomic mass is 9.92. The van der Waals surface area contributed by atoms with E-state index >= 15 is 0 Å². The molecule has 2 N–H and O–H groups in total. The van der Waals surface area contributed by atoms with Crippen LogP contribution in [0, 0.1) is 11.3 Å². The van der Waals surface area contributed by atoms with E-state index in [1.54, 1.807) is 0 Å². The lowest BCUT2D eigenvalue weighted by molar-refractivity contribution is 0.283. The average molecular weight is 210 g/mol. The number of hydrogen-bond acceptors (Lipinski definition) is 2. The van der Waals surface area contributed by atoms with Gasteiger partial charge in [0.1, 0.15) is 0 Å². The largest absolute Gasteiger partial charge is 0.315 e. The van der Waals surface area contributed by atoms with Crippen LogP contribution >= 0.6 is 0 Å². The van der Waals surface area contributed by atoms with Crippen molar-refractivity contribution in [3.05, 3.63) is 0 Å². The molecular formula is C13H26N2. The number of nitrogens with one attached hydrogen (secondary N) is 2. The minimum atomic E-state index is 0.692. The van der Waals surface area contributed by atoms with Crippen molar-refractivity contribution in [3.63, 3.8) is 0 Å². The molecule has 1 aliphatic heterocycles. The average Bonchev–Trinajstić information content (AvgIpc) is 3.02. The van der Waals surface area contributed by atoms with Crippen LogP contribution in [0.5, 0.6) is 0 Å². The highest BCUT2D eigenvalue weighted by molar-refractivity contribution is 4.94. The summed E-state index contributed by atoms with van der Waals surface area (Å²) >= 11 is 0. The molecular weight excluding hydrogens is 184 g/mol. The molecule has 0 bridgehead atoms. The van der Waals surface area contributed by atoms with E-state index in [9.17, 15) is 0 Å². The van der Waals surface area contributed by atoms with Crippen molar-refractivity contribution in [2.24, 2.45) is 11.3 Å². The minimum absolute atomic E-state index is 0.692. The van der Waals surface area contributed by atoms with Crippen LogP contribution in [0.4, 0.5) is 0 Å². The molecule has 2 rings (SSSR count). The number of rotatable bonds is 5. The van der Waals surface area contributed by atoms with Crippen LogP contribution in [0.3, 0.4) is 0 Å². The van der Waals surface area contributed by atoms with E-state index < -0.39 is 0 Å². The quantitative estimate of drug-likeness (QED) is 0.726. The minimum Gasteiger partial charge on any atom is -0.315 e. The molecule has 88 valence electrons. The molecule has 0 amide bonds. The van der Waals surface area contributed by atoms with Crippen LogP contribution in [0.1, 0.15) is 46.0 Å². The van der Waals surface area contributed by atoms with Gasteiger partial charge in [0.2, 0.25) is 0 Å². The first-order chi connectivity index (χ1) is 7.26. The highest BCUT2D eigenvalue weighted by Crippen LogP contribution is 2.47. The van der Waals surface area contributed by atoms with Crippen LogP contribution < -0.4 is 10.6 Å². The monoisotopic (exact) mass is 210 g/mol. The lowest BCUT2D eigenvalue weighted by Crippen LogP contribution is -2.47. The van der Waals surface area contributed by atoms with Crippen LogP contribution in [0.15, 0.2) is 0 Å². The Bertz CT molecular complexity index is 199. The predicted molar refractivity (Wildman–Crippen MR) is 65.0 cm³/mol. The molecule has 1 saturated heterocycles. The summed E-state index contributed by atoms with van der Waals surface area (Å²) in [7, 11) is 0. The Labute approximate surface area is 94.2 Å². The highest BCUT2D eigenvalue weighted by Gasteiger charge is 2.40. The maximum Gasteiger partial charge on any atom is 0.0218 e. The van der Waals surface area contributed by atoms with Crippen molar-refractivity contribution in [3.8, 4) is 0 Å². The van der Waals surface area contributed by atoms with Crippen LogP contribution in [-0.4, -0.2) is 25.7 Å². The molecule has 0 aromatic carbocycles. The fourth-order valence-electron chi connectivity index (χ4n) is 2.71. The van der Waals surface area contributed by atoms with E-state index in [0.29, 0.717) is 11.5 Å². The van der Waals surface area contributed by atoms with Gasteiger partial charge in [0.25, 0.3) is 0 Å². The van der Waals surface area contributed by atoms with Gasteiger partial charge < -0.3 is 10.6 Å². The molecule has 0 radical (unpaired) electrons. The molecule has 2 atom stereocenters. The van der Waals surface area contributed by atoms with Gasteiger partial charge in [-0.05, 0) is 50.0 Å². The Balaban J connectivity index is 1.64. The van der Waals surface area contributed by atoms with Gasteiger partial charge in [-0.15, -0.1) is 0 Å². The second-order valence-corrected chi connectivity index (χ2v) is 5.66. The van der Waals surface area contributed by atoms with Crippen molar-refractivity contribution in [2.75, 3.05) is 19.6 Å². The topological polar surface area (TPSA) is 24.1 Å². The van der Waals surface area contributed by atoms with Crippen LogP contribution in [0.25, 0.3) is 0 Å². The fourth-order valence-corrected chi connectivity index (χ4v) is 2.71. The summed E-state index contributed by atoms with van der Waals surface area (Å²) in [6.45, 7) is 8.34. The van der Waals surface area contributed by atoms with Gasteiger partial charge in [0.15, 0.2) is 0 Å². The predicted octanol–water partition coefficient (Wildman–Crippen LogP) is 2.15. The lowest BCUT2D eigenvalue weighted by Gasteiger charge is -2.30. The zero-order chi connectivity index (χ0) is 10.7. The van der Waals surface area contributed by atoms with Crippen LogP contribution in [0.2, 0.25) is 0 Å². The Kier molecular flexibility index (Phi) is 3.68. The molecule has 0 aromatic heterocycles. The van der Waals surface area contributed by atoms with Gasteiger partial charge in [-0.25, -0.2) is 0 Å². The van der Waals surface area contributed by atoms with Crippen molar-refractivity contribution < 1.29 is 0 Å². The van der Waals surface area contributed by atoms with E-state index in [2.05, 4.69) is 24.5 Å². The first kappa shape index (κ1) is 11.4. The highest BCUT2D eigenvalue weighted by atomic mass is 15.0. The standard InChI is InChI=1S/C13H26N2/c1-3-13(6-7-13)10-14-9-12-11(2)5-4-8-15-12/h11-12,14-15H,3-10H2,1-2H3. The zero-order valence-electron chi connectivity index (χ0n) is 10.3. The van der Waals surface area contributed by atoms with Crippen molar-refractivity contribution in [2.45, 2.75) is 52.0 Å². The first-order valence-electron chi connectivity index (χ1n) is 6.70. The maximum absolute atomic E-state index is 3.68.